The molecule has 0 saturated heterocycles. The summed E-state index contributed by atoms with van der Waals surface area (Å²) in [4.78, 5) is 9.81. The van der Waals surface area contributed by atoms with E-state index in [1.54, 1.807) is 18.3 Å². The van der Waals surface area contributed by atoms with Crippen LogP contribution in [0.4, 0.5) is 5.13 Å². The molecule has 1 atom stereocenters. The second-order valence-corrected chi connectivity index (χ2v) is 5.71. The van der Waals surface area contributed by atoms with Gasteiger partial charge in [-0.15, -0.1) is 0 Å². The van der Waals surface area contributed by atoms with Gasteiger partial charge in [-0.05, 0) is 40.9 Å². The first kappa shape index (κ1) is 14.4. The van der Waals surface area contributed by atoms with E-state index in [4.69, 9.17) is 0 Å². The van der Waals surface area contributed by atoms with Crippen molar-refractivity contribution < 1.29 is 5.11 Å². The summed E-state index contributed by atoms with van der Waals surface area (Å²) in [5.41, 5.74) is 0.944. The minimum Gasteiger partial charge on any atom is -0.388 e. The smallest absolute Gasteiger partial charge is 0.185 e. The molecular formula is C12H23N3OS. The highest BCUT2D eigenvalue weighted by atomic mass is 32.1. The first-order valence-corrected chi connectivity index (χ1v) is 6.74. The number of rotatable bonds is 6. The summed E-state index contributed by atoms with van der Waals surface area (Å²) in [7, 11) is 6.22. The van der Waals surface area contributed by atoms with Crippen molar-refractivity contribution in [2.75, 3.05) is 39.1 Å². The van der Waals surface area contributed by atoms with Crippen molar-refractivity contribution in [2.24, 2.45) is 0 Å². The van der Waals surface area contributed by atoms with Gasteiger partial charge in [-0.3, -0.25) is 0 Å². The van der Waals surface area contributed by atoms with Crippen LogP contribution in [-0.2, 0) is 0 Å². The van der Waals surface area contributed by atoms with Crippen molar-refractivity contribution >= 4 is 16.5 Å². The van der Waals surface area contributed by atoms with Crippen LogP contribution in [0, 0.1) is 6.92 Å². The van der Waals surface area contributed by atoms with Crippen molar-refractivity contribution in [2.45, 2.75) is 26.4 Å². The first-order valence-electron chi connectivity index (χ1n) is 5.93. The maximum absolute atomic E-state index is 9.59. The Kier molecular flexibility index (Phi) is 5.36. The highest BCUT2D eigenvalue weighted by molar-refractivity contribution is 7.15. The lowest BCUT2D eigenvalue weighted by Crippen LogP contribution is -2.23. The Labute approximate surface area is 108 Å². The molecule has 1 heterocycles. The predicted molar refractivity (Wildman–Crippen MR) is 73.9 cm³/mol. The topological polar surface area (TPSA) is 39.6 Å². The summed E-state index contributed by atoms with van der Waals surface area (Å²) >= 11 is 1.59. The Bertz CT molecular complexity index is 350. The molecular weight excluding hydrogens is 234 g/mol. The SMILES string of the molecule is Cc1nc(N(C)CCCN(C)C)sc1C(C)O. The quantitative estimate of drug-likeness (QED) is 0.845. The van der Waals surface area contributed by atoms with Crippen LogP contribution in [0.3, 0.4) is 0 Å². The van der Waals surface area contributed by atoms with E-state index in [0.717, 1.165) is 35.2 Å². The van der Waals surface area contributed by atoms with Crippen molar-refractivity contribution in [1.82, 2.24) is 9.88 Å². The molecule has 1 unspecified atom stereocenters. The third kappa shape index (κ3) is 4.26. The van der Waals surface area contributed by atoms with Crippen LogP contribution in [0.2, 0.25) is 0 Å². The minimum atomic E-state index is -0.420. The molecule has 0 fully saturated rings. The van der Waals surface area contributed by atoms with Crippen molar-refractivity contribution in [3.63, 3.8) is 0 Å². The van der Waals surface area contributed by atoms with Crippen LogP contribution in [-0.4, -0.2) is 49.2 Å². The summed E-state index contributed by atoms with van der Waals surface area (Å²) in [5, 5.41) is 10.6. The molecule has 0 bridgehead atoms. The van der Waals surface area contributed by atoms with Crippen LogP contribution < -0.4 is 4.90 Å². The molecule has 1 rings (SSSR count). The lowest BCUT2D eigenvalue weighted by atomic mass is 10.3. The fraction of sp³-hybridized carbons (Fsp3) is 0.750. The average molecular weight is 257 g/mol. The molecule has 0 saturated carbocycles. The fourth-order valence-corrected chi connectivity index (χ4v) is 2.65. The van der Waals surface area contributed by atoms with Gasteiger partial charge in [0, 0.05) is 13.6 Å². The van der Waals surface area contributed by atoms with Gasteiger partial charge < -0.3 is 14.9 Å². The molecule has 98 valence electrons. The molecule has 0 aliphatic heterocycles. The zero-order valence-corrected chi connectivity index (χ0v) is 12.2. The standard InChI is InChI=1S/C12H23N3OS/c1-9-11(10(2)16)17-12(13-9)15(5)8-6-7-14(3)4/h10,16H,6-8H2,1-5H3. The Morgan fingerprint density at radius 1 is 1.29 bits per heavy atom. The van der Waals surface area contributed by atoms with E-state index in [-0.39, 0.29) is 0 Å². The molecule has 0 aromatic carbocycles. The third-order valence-electron chi connectivity index (χ3n) is 2.63. The highest BCUT2D eigenvalue weighted by Gasteiger charge is 2.14. The number of hydrogen-bond donors (Lipinski definition) is 1. The number of nitrogens with zero attached hydrogens (tertiary/aromatic N) is 3. The summed E-state index contributed by atoms with van der Waals surface area (Å²) < 4.78 is 0. The zero-order chi connectivity index (χ0) is 13.0. The lowest BCUT2D eigenvalue weighted by molar-refractivity contribution is 0.202. The van der Waals surface area contributed by atoms with E-state index in [1.807, 2.05) is 6.92 Å². The fourth-order valence-electron chi connectivity index (χ4n) is 1.66. The summed E-state index contributed by atoms with van der Waals surface area (Å²) in [5.74, 6) is 0. The van der Waals surface area contributed by atoms with Crippen LogP contribution in [0.15, 0.2) is 0 Å². The molecule has 4 nitrogen and oxygen atoms in total. The van der Waals surface area contributed by atoms with E-state index < -0.39 is 6.10 Å². The average Bonchev–Trinajstić information content (AvgIpc) is 2.59. The number of hydrogen-bond acceptors (Lipinski definition) is 5. The Hall–Kier alpha value is -0.650. The largest absolute Gasteiger partial charge is 0.388 e. The number of anilines is 1. The number of thiazole rings is 1. The molecule has 0 aliphatic carbocycles. The van der Waals surface area contributed by atoms with Crippen molar-refractivity contribution in [1.29, 1.82) is 0 Å². The van der Waals surface area contributed by atoms with Gasteiger partial charge in [0.05, 0.1) is 16.7 Å². The molecule has 0 spiro atoms. The first-order chi connectivity index (χ1) is 7.91. The Morgan fingerprint density at radius 2 is 1.94 bits per heavy atom. The highest BCUT2D eigenvalue weighted by Crippen LogP contribution is 2.29. The van der Waals surface area contributed by atoms with Crippen molar-refractivity contribution in [3.05, 3.63) is 10.6 Å². The number of aryl methyl sites for hydroxylation is 1. The summed E-state index contributed by atoms with van der Waals surface area (Å²) in [6.45, 7) is 5.81. The van der Waals surface area contributed by atoms with Crippen LogP contribution >= 0.6 is 11.3 Å². The Balaban J connectivity index is 2.57. The van der Waals surface area contributed by atoms with Gasteiger partial charge in [0.15, 0.2) is 5.13 Å². The lowest BCUT2D eigenvalue weighted by Gasteiger charge is -2.17. The van der Waals surface area contributed by atoms with Crippen LogP contribution in [0.5, 0.6) is 0 Å². The number of aliphatic hydroxyl groups excluding tert-OH is 1. The van der Waals surface area contributed by atoms with Crippen LogP contribution in [0.25, 0.3) is 0 Å². The monoisotopic (exact) mass is 257 g/mol. The maximum Gasteiger partial charge on any atom is 0.185 e. The van der Waals surface area contributed by atoms with E-state index in [1.165, 1.54) is 0 Å². The molecule has 17 heavy (non-hydrogen) atoms. The molecule has 0 amide bonds. The molecule has 1 aromatic rings. The minimum absolute atomic E-state index is 0.420. The summed E-state index contributed by atoms with van der Waals surface area (Å²) in [6.07, 6.45) is 0.697. The van der Waals surface area contributed by atoms with E-state index >= 15 is 0 Å². The zero-order valence-electron chi connectivity index (χ0n) is 11.4. The second-order valence-electron chi connectivity index (χ2n) is 4.70. The maximum atomic E-state index is 9.59. The van der Waals surface area contributed by atoms with Crippen LogP contribution in [0.1, 0.15) is 30.0 Å². The van der Waals surface area contributed by atoms with E-state index in [9.17, 15) is 5.11 Å². The summed E-state index contributed by atoms with van der Waals surface area (Å²) in [6, 6.07) is 0. The number of aromatic nitrogens is 1. The van der Waals surface area contributed by atoms with Gasteiger partial charge in [-0.2, -0.15) is 0 Å². The predicted octanol–water partition coefficient (Wildman–Crippen LogP) is 1.89. The van der Waals surface area contributed by atoms with E-state index in [2.05, 4.69) is 35.9 Å². The molecule has 5 heteroatoms. The third-order valence-corrected chi connectivity index (χ3v) is 4.07. The molecule has 1 N–H and O–H groups in total. The van der Waals surface area contributed by atoms with Gasteiger partial charge >= 0.3 is 0 Å². The second kappa shape index (κ2) is 6.33. The molecule has 1 aromatic heterocycles. The number of aliphatic hydroxyl groups is 1. The van der Waals surface area contributed by atoms with Gasteiger partial charge in [0.1, 0.15) is 0 Å². The molecule has 0 radical (unpaired) electrons. The van der Waals surface area contributed by atoms with Crippen molar-refractivity contribution in [3.8, 4) is 0 Å². The molecule has 0 aliphatic rings. The normalized spacial score (nSPS) is 13.1. The van der Waals surface area contributed by atoms with Gasteiger partial charge in [0.2, 0.25) is 0 Å². The van der Waals surface area contributed by atoms with Gasteiger partial charge in [0.25, 0.3) is 0 Å². The van der Waals surface area contributed by atoms with Gasteiger partial charge in [-0.1, -0.05) is 11.3 Å². The Morgan fingerprint density at radius 3 is 2.41 bits per heavy atom. The van der Waals surface area contributed by atoms with Gasteiger partial charge in [-0.25, -0.2) is 4.98 Å². The van der Waals surface area contributed by atoms with E-state index in [0.29, 0.717) is 0 Å².